The number of halogens is 1. The second kappa shape index (κ2) is 10.2. The molecule has 0 aliphatic carbocycles. The molecule has 35 heavy (non-hydrogen) atoms. The molecule has 1 aliphatic heterocycles. The van der Waals surface area contributed by atoms with Crippen LogP contribution < -0.4 is 21.5 Å². The number of carbonyl (C=O) groups is 2. The minimum Gasteiger partial charge on any atom is -0.496 e. The van der Waals surface area contributed by atoms with E-state index in [-0.39, 0.29) is 28.7 Å². The number of aromatic nitrogens is 1. The second-order valence-electron chi connectivity index (χ2n) is 8.66. The van der Waals surface area contributed by atoms with Crippen LogP contribution in [0.25, 0.3) is 0 Å². The zero-order valence-electron chi connectivity index (χ0n) is 19.5. The average molecular weight is 494 g/mol. The number of benzene rings is 2. The molecule has 182 valence electrons. The normalized spacial score (nSPS) is 14.9. The van der Waals surface area contributed by atoms with Gasteiger partial charge in [0.2, 0.25) is 0 Å². The summed E-state index contributed by atoms with van der Waals surface area (Å²) in [5.41, 5.74) is 13.4. The number of nitrogens with one attached hydrogen (secondary N) is 1. The molecular weight excluding hydrogens is 466 g/mol. The quantitative estimate of drug-likeness (QED) is 0.482. The van der Waals surface area contributed by atoms with Crippen LogP contribution in [0.4, 0.5) is 11.5 Å². The molecule has 3 aromatic rings. The molecular formula is C26H28ClN5O3. The number of hydrogen-bond acceptors (Lipinski definition) is 6. The maximum atomic E-state index is 13.3. The molecule has 1 aromatic heterocycles. The molecule has 0 bridgehead atoms. The van der Waals surface area contributed by atoms with Crippen LogP contribution in [0.5, 0.6) is 5.75 Å². The van der Waals surface area contributed by atoms with Crippen molar-refractivity contribution >= 4 is 34.9 Å². The number of carbonyl (C=O) groups excluding carboxylic acids is 2. The first-order valence-electron chi connectivity index (χ1n) is 11.3. The lowest BCUT2D eigenvalue weighted by atomic mass is 9.72. The summed E-state index contributed by atoms with van der Waals surface area (Å²) >= 11 is 6.06. The molecule has 1 fully saturated rings. The van der Waals surface area contributed by atoms with Gasteiger partial charge in [-0.3, -0.25) is 9.59 Å². The Morgan fingerprint density at radius 3 is 2.49 bits per heavy atom. The Morgan fingerprint density at radius 2 is 1.83 bits per heavy atom. The Hall–Kier alpha value is -3.78. The van der Waals surface area contributed by atoms with Crippen LogP contribution in [-0.4, -0.2) is 48.4 Å². The van der Waals surface area contributed by atoms with E-state index in [0.29, 0.717) is 54.4 Å². The lowest BCUT2D eigenvalue weighted by Crippen LogP contribution is -2.50. The van der Waals surface area contributed by atoms with E-state index < -0.39 is 0 Å². The number of likely N-dealkylation sites (tertiary alicyclic amines) is 1. The Balaban J connectivity index is 1.51. The highest BCUT2D eigenvalue weighted by molar-refractivity contribution is 6.30. The van der Waals surface area contributed by atoms with Crippen molar-refractivity contribution in [3.63, 3.8) is 0 Å². The number of nitrogens with two attached hydrogens (primary N) is 2. The summed E-state index contributed by atoms with van der Waals surface area (Å²) in [5.74, 6) is 0.263. The van der Waals surface area contributed by atoms with Crippen molar-refractivity contribution in [2.75, 3.05) is 38.2 Å². The second-order valence-corrected chi connectivity index (χ2v) is 9.10. The van der Waals surface area contributed by atoms with Gasteiger partial charge in [-0.05, 0) is 42.7 Å². The number of nitrogens with zero attached hydrogens (tertiary/aromatic N) is 2. The van der Waals surface area contributed by atoms with E-state index in [1.165, 1.54) is 19.4 Å². The van der Waals surface area contributed by atoms with Gasteiger partial charge in [-0.1, -0.05) is 41.9 Å². The Morgan fingerprint density at radius 1 is 1.11 bits per heavy atom. The summed E-state index contributed by atoms with van der Waals surface area (Å²) < 4.78 is 5.37. The minimum atomic E-state index is -0.329. The molecule has 0 saturated carbocycles. The maximum Gasteiger partial charge on any atom is 0.257 e. The monoisotopic (exact) mass is 493 g/mol. The van der Waals surface area contributed by atoms with E-state index in [0.717, 1.165) is 5.56 Å². The molecule has 0 unspecified atom stereocenters. The van der Waals surface area contributed by atoms with Gasteiger partial charge in [-0.2, -0.15) is 0 Å². The van der Waals surface area contributed by atoms with Crippen molar-refractivity contribution in [1.82, 2.24) is 15.2 Å². The summed E-state index contributed by atoms with van der Waals surface area (Å²) in [4.78, 5) is 31.9. The first-order chi connectivity index (χ1) is 16.8. The van der Waals surface area contributed by atoms with E-state index in [1.54, 1.807) is 18.2 Å². The van der Waals surface area contributed by atoms with Crippen LogP contribution in [0.2, 0.25) is 5.02 Å². The fourth-order valence-electron chi connectivity index (χ4n) is 4.48. The zero-order chi connectivity index (χ0) is 25.0. The smallest absolute Gasteiger partial charge is 0.257 e. The summed E-state index contributed by atoms with van der Waals surface area (Å²) in [5, 5.41) is 3.55. The first-order valence-corrected chi connectivity index (χ1v) is 11.7. The van der Waals surface area contributed by atoms with Crippen LogP contribution >= 0.6 is 11.6 Å². The summed E-state index contributed by atoms with van der Waals surface area (Å²) in [6.45, 7) is 1.48. The van der Waals surface area contributed by atoms with Crippen molar-refractivity contribution in [3.8, 4) is 5.75 Å². The number of hydrogen-bond donors (Lipinski definition) is 3. The third-order valence-corrected chi connectivity index (χ3v) is 6.82. The highest BCUT2D eigenvalue weighted by Crippen LogP contribution is 2.36. The average Bonchev–Trinajstić information content (AvgIpc) is 2.89. The molecule has 8 nitrogen and oxygen atoms in total. The van der Waals surface area contributed by atoms with Crippen molar-refractivity contribution in [2.45, 2.75) is 18.3 Å². The van der Waals surface area contributed by atoms with Crippen molar-refractivity contribution in [3.05, 3.63) is 82.5 Å². The van der Waals surface area contributed by atoms with Crippen LogP contribution in [0.1, 0.15) is 39.1 Å². The Kier molecular flexibility index (Phi) is 7.12. The largest absolute Gasteiger partial charge is 0.496 e. The number of pyridine rings is 1. The van der Waals surface area contributed by atoms with Gasteiger partial charge in [-0.15, -0.1) is 0 Å². The van der Waals surface area contributed by atoms with Crippen LogP contribution in [0.15, 0.2) is 60.8 Å². The van der Waals surface area contributed by atoms with Gasteiger partial charge < -0.3 is 26.4 Å². The van der Waals surface area contributed by atoms with E-state index in [9.17, 15) is 9.59 Å². The molecule has 0 atom stereocenters. The van der Waals surface area contributed by atoms with Gasteiger partial charge in [-0.25, -0.2) is 4.98 Å². The predicted molar refractivity (Wildman–Crippen MR) is 137 cm³/mol. The van der Waals surface area contributed by atoms with E-state index in [1.807, 2.05) is 23.1 Å². The van der Waals surface area contributed by atoms with Gasteiger partial charge in [0, 0.05) is 36.3 Å². The molecule has 1 saturated heterocycles. The van der Waals surface area contributed by atoms with Crippen LogP contribution in [0, 0.1) is 0 Å². The molecule has 9 heteroatoms. The zero-order valence-corrected chi connectivity index (χ0v) is 20.2. The first kappa shape index (κ1) is 24.3. The number of methoxy groups -OCH3 is 1. The van der Waals surface area contributed by atoms with Gasteiger partial charge >= 0.3 is 0 Å². The molecule has 2 aromatic carbocycles. The van der Waals surface area contributed by atoms with E-state index >= 15 is 0 Å². The lowest BCUT2D eigenvalue weighted by Gasteiger charge is -2.42. The molecule has 2 heterocycles. The van der Waals surface area contributed by atoms with Crippen LogP contribution in [0.3, 0.4) is 0 Å². The number of amides is 2. The minimum absolute atomic E-state index is 0.104. The van der Waals surface area contributed by atoms with E-state index in [4.69, 9.17) is 27.8 Å². The van der Waals surface area contributed by atoms with Gasteiger partial charge in [0.1, 0.15) is 11.6 Å². The molecule has 5 N–H and O–H groups in total. The third kappa shape index (κ3) is 5.17. The lowest BCUT2D eigenvalue weighted by molar-refractivity contribution is 0.0653. The number of rotatable bonds is 6. The molecule has 4 rings (SSSR count). The summed E-state index contributed by atoms with van der Waals surface area (Å²) in [6, 6.07) is 16.6. The van der Waals surface area contributed by atoms with Crippen molar-refractivity contribution in [1.29, 1.82) is 0 Å². The fourth-order valence-corrected chi connectivity index (χ4v) is 4.64. The predicted octanol–water partition coefficient (Wildman–Crippen LogP) is 3.51. The molecule has 1 aliphatic rings. The van der Waals surface area contributed by atoms with Crippen LogP contribution in [-0.2, 0) is 5.41 Å². The number of ether oxygens (including phenoxy) is 1. The Bertz CT molecular complexity index is 1230. The number of piperidine rings is 1. The topological polar surface area (TPSA) is 124 Å². The maximum absolute atomic E-state index is 13.3. The van der Waals surface area contributed by atoms with Crippen molar-refractivity contribution < 1.29 is 14.3 Å². The highest BCUT2D eigenvalue weighted by atomic mass is 35.5. The van der Waals surface area contributed by atoms with Gasteiger partial charge in [0.05, 0.1) is 23.9 Å². The summed E-state index contributed by atoms with van der Waals surface area (Å²) in [7, 11) is 1.52. The molecule has 0 spiro atoms. The number of anilines is 2. The SMILES string of the molecule is COc1cc(Cl)ccc1C(=O)N1CCC(CNC(=O)c2cnc(N)c(N)c2)(c2ccccc2)CC1. The molecule has 0 radical (unpaired) electrons. The summed E-state index contributed by atoms with van der Waals surface area (Å²) in [6.07, 6.45) is 2.78. The van der Waals surface area contributed by atoms with Gasteiger partial charge in [0.25, 0.3) is 11.8 Å². The van der Waals surface area contributed by atoms with Gasteiger partial charge in [0.15, 0.2) is 0 Å². The fraction of sp³-hybridized carbons (Fsp3) is 0.269. The number of nitrogen functional groups attached to an aromatic ring is 2. The molecule has 2 amide bonds. The van der Waals surface area contributed by atoms with Crippen molar-refractivity contribution in [2.24, 2.45) is 0 Å². The third-order valence-electron chi connectivity index (χ3n) is 6.59. The highest BCUT2D eigenvalue weighted by Gasteiger charge is 2.38. The Labute approximate surface area is 209 Å². The van der Waals surface area contributed by atoms with E-state index in [2.05, 4.69) is 22.4 Å². The standard InChI is InChI=1S/C26H28ClN5O3/c1-35-22-14-19(27)7-8-20(22)25(34)32-11-9-26(10-12-32,18-5-3-2-4-6-18)16-31-24(33)17-13-21(28)23(29)30-15-17/h2-8,13-15H,9-12,16,28H2,1H3,(H2,29,30)(H,31,33).